The number of hydrogen-bond acceptors (Lipinski definition) is 2. The molecule has 1 heterocycles. The van der Waals surface area contributed by atoms with Gasteiger partial charge in [-0.3, -0.25) is 0 Å². The number of nitrogens with zero attached hydrogens (tertiary/aromatic N) is 1. The first-order valence-electron chi connectivity index (χ1n) is 7.19. The van der Waals surface area contributed by atoms with E-state index < -0.39 is 0 Å². The van der Waals surface area contributed by atoms with Crippen molar-refractivity contribution in [2.24, 2.45) is 17.6 Å². The van der Waals surface area contributed by atoms with Crippen molar-refractivity contribution in [3.63, 3.8) is 0 Å². The zero-order valence-corrected chi connectivity index (χ0v) is 11.9. The van der Waals surface area contributed by atoms with Gasteiger partial charge < -0.3 is 10.6 Å². The quantitative estimate of drug-likeness (QED) is 0.883. The molecule has 0 aliphatic carbocycles. The van der Waals surface area contributed by atoms with Crippen molar-refractivity contribution in [1.82, 2.24) is 0 Å². The van der Waals surface area contributed by atoms with E-state index in [4.69, 9.17) is 5.73 Å². The normalized spacial score (nSPS) is 19.3. The Labute approximate surface area is 111 Å². The molecule has 1 atom stereocenters. The lowest BCUT2D eigenvalue weighted by atomic mass is 9.86. The highest BCUT2D eigenvalue weighted by molar-refractivity contribution is 5.55. The van der Waals surface area contributed by atoms with E-state index >= 15 is 0 Å². The summed E-state index contributed by atoms with van der Waals surface area (Å²) in [6, 6.07) is 8.70. The maximum absolute atomic E-state index is 6.07. The van der Waals surface area contributed by atoms with Gasteiger partial charge in [0.2, 0.25) is 0 Å². The Morgan fingerprint density at radius 2 is 1.72 bits per heavy atom. The van der Waals surface area contributed by atoms with Gasteiger partial charge in [0.05, 0.1) is 0 Å². The fourth-order valence-electron chi connectivity index (χ4n) is 2.97. The molecule has 0 radical (unpaired) electrons. The number of benzene rings is 1. The molecule has 2 nitrogen and oxygen atoms in total. The lowest BCUT2D eigenvalue weighted by molar-refractivity contribution is 0.311. The van der Waals surface area contributed by atoms with Crippen LogP contribution in [0.4, 0.5) is 5.69 Å². The molecule has 0 spiro atoms. The largest absolute Gasteiger partial charge is 0.371 e. The van der Waals surface area contributed by atoms with Crippen molar-refractivity contribution in [3.05, 3.63) is 29.8 Å². The third kappa shape index (κ3) is 2.86. The minimum absolute atomic E-state index is 0.115. The molecule has 1 fully saturated rings. The third-order valence-corrected chi connectivity index (χ3v) is 4.25. The van der Waals surface area contributed by atoms with Crippen molar-refractivity contribution in [2.45, 2.75) is 39.7 Å². The second kappa shape index (κ2) is 5.75. The summed E-state index contributed by atoms with van der Waals surface area (Å²) in [7, 11) is 0. The summed E-state index contributed by atoms with van der Waals surface area (Å²) in [5.74, 6) is 1.71. The number of hydrogen-bond donors (Lipinski definition) is 1. The number of para-hydroxylation sites is 1. The van der Waals surface area contributed by atoms with Crippen LogP contribution in [0.1, 0.15) is 45.2 Å². The number of anilines is 1. The molecule has 2 N–H and O–H groups in total. The molecule has 0 amide bonds. The smallest absolute Gasteiger partial charge is 0.0414 e. The molecule has 1 aromatic rings. The first-order chi connectivity index (χ1) is 8.59. The molecule has 1 aliphatic heterocycles. The molecule has 0 bridgehead atoms. The lowest BCUT2D eigenvalue weighted by Gasteiger charge is -2.36. The number of nitrogens with two attached hydrogens (primary N) is 1. The van der Waals surface area contributed by atoms with Crippen molar-refractivity contribution < 1.29 is 0 Å². The third-order valence-electron chi connectivity index (χ3n) is 4.25. The Bertz CT molecular complexity index is 376. The van der Waals surface area contributed by atoms with Crippen LogP contribution in [0.5, 0.6) is 0 Å². The van der Waals surface area contributed by atoms with Gasteiger partial charge in [-0.05, 0) is 43.2 Å². The van der Waals surface area contributed by atoms with Gasteiger partial charge in [0.25, 0.3) is 0 Å². The monoisotopic (exact) mass is 246 g/mol. The van der Waals surface area contributed by atoms with Crippen molar-refractivity contribution in [1.29, 1.82) is 0 Å². The summed E-state index contributed by atoms with van der Waals surface area (Å²) in [6.07, 6.45) is 2.62. The Hall–Kier alpha value is -1.02. The Balaban J connectivity index is 2.10. The topological polar surface area (TPSA) is 29.3 Å². The zero-order chi connectivity index (χ0) is 13.1. The van der Waals surface area contributed by atoms with E-state index in [-0.39, 0.29) is 6.04 Å². The van der Waals surface area contributed by atoms with Crippen LogP contribution in [0.15, 0.2) is 24.3 Å². The van der Waals surface area contributed by atoms with Crippen molar-refractivity contribution in [3.8, 4) is 0 Å². The zero-order valence-electron chi connectivity index (χ0n) is 11.9. The van der Waals surface area contributed by atoms with Crippen LogP contribution >= 0.6 is 0 Å². The Morgan fingerprint density at radius 1 is 1.11 bits per heavy atom. The molecule has 0 saturated carbocycles. The van der Waals surface area contributed by atoms with Gasteiger partial charge in [0, 0.05) is 24.8 Å². The van der Waals surface area contributed by atoms with Crippen molar-refractivity contribution >= 4 is 5.69 Å². The van der Waals surface area contributed by atoms with Crippen LogP contribution in [0.25, 0.3) is 0 Å². The SMILES string of the molecule is CC(C)C1CCN(c2ccccc2[C@@H](C)N)CC1. The van der Waals surface area contributed by atoms with Gasteiger partial charge in [-0.25, -0.2) is 0 Å². The Kier molecular flexibility index (Phi) is 4.28. The van der Waals surface area contributed by atoms with Crippen LogP contribution < -0.4 is 10.6 Å². The fourth-order valence-corrected chi connectivity index (χ4v) is 2.97. The fraction of sp³-hybridized carbons (Fsp3) is 0.625. The van der Waals surface area contributed by atoms with Crippen LogP contribution in [-0.2, 0) is 0 Å². The lowest BCUT2D eigenvalue weighted by Crippen LogP contribution is -2.36. The summed E-state index contributed by atoms with van der Waals surface area (Å²) in [5, 5.41) is 0. The average Bonchev–Trinajstić information content (AvgIpc) is 2.39. The summed E-state index contributed by atoms with van der Waals surface area (Å²) in [5.41, 5.74) is 8.69. The van der Waals surface area contributed by atoms with E-state index in [1.54, 1.807) is 0 Å². The molecule has 18 heavy (non-hydrogen) atoms. The highest BCUT2D eigenvalue weighted by Crippen LogP contribution is 2.31. The van der Waals surface area contributed by atoms with Gasteiger partial charge in [-0.2, -0.15) is 0 Å². The summed E-state index contributed by atoms with van der Waals surface area (Å²) in [4.78, 5) is 2.51. The highest BCUT2D eigenvalue weighted by Gasteiger charge is 2.23. The summed E-state index contributed by atoms with van der Waals surface area (Å²) in [6.45, 7) is 9.10. The van der Waals surface area contributed by atoms with E-state index in [1.807, 2.05) is 0 Å². The van der Waals surface area contributed by atoms with Crippen LogP contribution in [-0.4, -0.2) is 13.1 Å². The molecule has 1 saturated heterocycles. The van der Waals surface area contributed by atoms with Gasteiger partial charge in [0.15, 0.2) is 0 Å². The van der Waals surface area contributed by atoms with Gasteiger partial charge in [-0.1, -0.05) is 32.0 Å². The van der Waals surface area contributed by atoms with E-state index in [0.29, 0.717) is 0 Å². The Morgan fingerprint density at radius 3 is 2.28 bits per heavy atom. The molecule has 100 valence electrons. The molecule has 1 aromatic carbocycles. The summed E-state index contributed by atoms with van der Waals surface area (Å²) < 4.78 is 0. The first-order valence-corrected chi connectivity index (χ1v) is 7.19. The highest BCUT2D eigenvalue weighted by atomic mass is 15.1. The minimum Gasteiger partial charge on any atom is -0.371 e. The molecule has 2 rings (SSSR count). The van der Waals surface area contributed by atoms with E-state index in [1.165, 1.54) is 37.2 Å². The van der Waals surface area contributed by atoms with Crippen LogP contribution in [0.3, 0.4) is 0 Å². The maximum atomic E-state index is 6.07. The van der Waals surface area contributed by atoms with Crippen LogP contribution in [0.2, 0.25) is 0 Å². The van der Waals surface area contributed by atoms with Crippen molar-refractivity contribution in [2.75, 3.05) is 18.0 Å². The minimum atomic E-state index is 0.115. The van der Waals surface area contributed by atoms with Gasteiger partial charge in [-0.15, -0.1) is 0 Å². The molecule has 0 unspecified atom stereocenters. The molecular formula is C16H26N2. The number of piperidine rings is 1. The van der Waals surface area contributed by atoms with Gasteiger partial charge >= 0.3 is 0 Å². The maximum Gasteiger partial charge on any atom is 0.0414 e. The average molecular weight is 246 g/mol. The predicted molar refractivity (Wildman–Crippen MR) is 78.8 cm³/mol. The van der Waals surface area contributed by atoms with E-state index in [2.05, 4.69) is 49.9 Å². The first kappa shape index (κ1) is 13.4. The molecule has 0 aromatic heterocycles. The van der Waals surface area contributed by atoms with Crippen LogP contribution in [0, 0.1) is 11.8 Å². The van der Waals surface area contributed by atoms with E-state index in [0.717, 1.165) is 11.8 Å². The predicted octanol–water partition coefficient (Wildman–Crippen LogP) is 3.58. The second-order valence-corrected chi connectivity index (χ2v) is 5.92. The van der Waals surface area contributed by atoms with Gasteiger partial charge in [0.1, 0.15) is 0 Å². The van der Waals surface area contributed by atoms with E-state index in [9.17, 15) is 0 Å². The molecular weight excluding hydrogens is 220 g/mol. The standard InChI is InChI=1S/C16H26N2/c1-12(2)14-8-10-18(11-9-14)16-7-5-4-6-15(16)13(3)17/h4-7,12-14H,8-11,17H2,1-3H3/t13-/m1/s1. The molecule has 2 heteroatoms. The molecule has 1 aliphatic rings. The number of rotatable bonds is 3. The second-order valence-electron chi connectivity index (χ2n) is 5.92. The summed E-state index contributed by atoms with van der Waals surface area (Å²) >= 11 is 0.